The van der Waals surface area contributed by atoms with Gasteiger partial charge >= 0.3 is 0 Å². The quantitative estimate of drug-likeness (QED) is 0.845. The van der Waals surface area contributed by atoms with Gasteiger partial charge in [-0.15, -0.1) is 0 Å². The van der Waals surface area contributed by atoms with E-state index in [1.165, 1.54) is 0 Å². The number of anilines is 1. The van der Waals surface area contributed by atoms with E-state index in [9.17, 15) is 9.59 Å². The number of hydrogen-bond acceptors (Lipinski definition) is 2. The van der Waals surface area contributed by atoms with E-state index in [4.69, 9.17) is 11.6 Å². The summed E-state index contributed by atoms with van der Waals surface area (Å²) in [7, 11) is 0. The van der Waals surface area contributed by atoms with E-state index in [0.29, 0.717) is 16.3 Å². The normalized spacial score (nSPS) is 11.6. The average Bonchev–Trinajstić information content (AvgIpc) is 2.50. The molecule has 0 bridgehead atoms. The molecule has 2 aromatic carbocycles. The first-order valence-corrected chi connectivity index (χ1v) is 7.75. The van der Waals surface area contributed by atoms with E-state index < -0.39 is 6.04 Å². The van der Waals surface area contributed by atoms with Crippen LogP contribution >= 0.6 is 27.5 Å². The van der Waals surface area contributed by atoms with Gasteiger partial charge in [-0.25, -0.2) is 0 Å². The van der Waals surface area contributed by atoms with Gasteiger partial charge in [0.25, 0.3) is 5.91 Å². The van der Waals surface area contributed by atoms with E-state index in [1.807, 2.05) is 12.1 Å². The molecule has 2 aromatic rings. The summed E-state index contributed by atoms with van der Waals surface area (Å²) in [6, 6.07) is 13.0. The minimum absolute atomic E-state index is 0.287. The van der Waals surface area contributed by atoms with Crippen LogP contribution < -0.4 is 10.6 Å². The van der Waals surface area contributed by atoms with E-state index in [2.05, 4.69) is 26.6 Å². The fourth-order valence-electron chi connectivity index (χ4n) is 1.73. The highest BCUT2D eigenvalue weighted by Gasteiger charge is 2.16. The number of nitrogens with one attached hydrogen (secondary N) is 2. The molecule has 6 heteroatoms. The number of carbonyl (C=O) groups is 2. The summed E-state index contributed by atoms with van der Waals surface area (Å²) in [5, 5.41) is 5.94. The van der Waals surface area contributed by atoms with Crippen molar-refractivity contribution in [3.05, 3.63) is 63.6 Å². The molecule has 0 aliphatic carbocycles. The standard InChI is InChI=1S/C16H14BrClN2O2/c1-10(15(21)20-14-8-4-12(17)5-9-14)19-16(22)11-2-6-13(18)7-3-11/h2-10H,1H3,(H,19,22)(H,20,21). The molecular formula is C16H14BrClN2O2. The molecule has 2 N–H and O–H groups in total. The molecule has 0 aromatic heterocycles. The lowest BCUT2D eigenvalue weighted by atomic mass is 10.2. The highest BCUT2D eigenvalue weighted by molar-refractivity contribution is 9.10. The second-order valence-corrected chi connectivity index (χ2v) is 6.05. The summed E-state index contributed by atoms with van der Waals surface area (Å²) < 4.78 is 0.926. The summed E-state index contributed by atoms with van der Waals surface area (Å²) in [5.41, 5.74) is 1.12. The number of hydrogen-bond donors (Lipinski definition) is 2. The Kier molecular flexibility index (Phi) is 5.57. The predicted molar refractivity (Wildman–Crippen MR) is 91.2 cm³/mol. The van der Waals surface area contributed by atoms with Gasteiger partial charge in [0, 0.05) is 20.7 Å². The third-order valence-electron chi connectivity index (χ3n) is 2.96. The monoisotopic (exact) mass is 380 g/mol. The summed E-state index contributed by atoms with van der Waals surface area (Å²) >= 11 is 9.10. The Hall–Kier alpha value is -1.85. The Morgan fingerprint density at radius 2 is 1.64 bits per heavy atom. The summed E-state index contributed by atoms with van der Waals surface area (Å²) in [6.45, 7) is 1.63. The molecule has 114 valence electrons. The van der Waals surface area contributed by atoms with Gasteiger partial charge < -0.3 is 10.6 Å². The molecule has 22 heavy (non-hydrogen) atoms. The van der Waals surface area contributed by atoms with Gasteiger partial charge in [0.1, 0.15) is 6.04 Å². The smallest absolute Gasteiger partial charge is 0.251 e. The summed E-state index contributed by atoms with van der Waals surface area (Å²) in [5.74, 6) is -0.611. The third-order valence-corrected chi connectivity index (χ3v) is 3.74. The number of amides is 2. The molecule has 0 fully saturated rings. The maximum absolute atomic E-state index is 12.1. The number of carbonyl (C=O) groups excluding carboxylic acids is 2. The SMILES string of the molecule is CC(NC(=O)c1ccc(Cl)cc1)C(=O)Nc1ccc(Br)cc1. The fraction of sp³-hybridized carbons (Fsp3) is 0.125. The molecule has 0 saturated heterocycles. The third kappa shape index (κ3) is 4.58. The molecule has 0 saturated carbocycles. The Bertz CT molecular complexity index is 672. The van der Waals surface area contributed by atoms with Crippen LogP contribution in [0, 0.1) is 0 Å². The Morgan fingerprint density at radius 1 is 1.05 bits per heavy atom. The van der Waals surface area contributed by atoms with Gasteiger partial charge in [-0.3, -0.25) is 9.59 Å². The van der Waals surface area contributed by atoms with E-state index in [1.54, 1.807) is 43.3 Å². The van der Waals surface area contributed by atoms with Crippen LogP contribution in [0.4, 0.5) is 5.69 Å². The van der Waals surface area contributed by atoms with E-state index in [-0.39, 0.29) is 11.8 Å². The Labute approximate surface area is 142 Å². The largest absolute Gasteiger partial charge is 0.341 e. The average molecular weight is 382 g/mol. The van der Waals surface area contributed by atoms with Crippen LogP contribution in [0.2, 0.25) is 5.02 Å². The maximum Gasteiger partial charge on any atom is 0.251 e. The first kappa shape index (κ1) is 16.5. The van der Waals surface area contributed by atoms with Crippen LogP contribution in [0.15, 0.2) is 53.0 Å². The second kappa shape index (κ2) is 7.42. The number of rotatable bonds is 4. The van der Waals surface area contributed by atoms with Crippen LogP contribution in [0.1, 0.15) is 17.3 Å². The van der Waals surface area contributed by atoms with Crippen LogP contribution in [0.25, 0.3) is 0 Å². The topological polar surface area (TPSA) is 58.2 Å². The van der Waals surface area contributed by atoms with E-state index in [0.717, 1.165) is 4.47 Å². The van der Waals surface area contributed by atoms with Crippen molar-refractivity contribution in [2.45, 2.75) is 13.0 Å². The van der Waals surface area contributed by atoms with Crippen LogP contribution in [0.3, 0.4) is 0 Å². The van der Waals surface area contributed by atoms with Gasteiger partial charge in [-0.05, 0) is 55.5 Å². The molecule has 0 radical (unpaired) electrons. The Morgan fingerprint density at radius 3 is 2.23 bits per heavy atom. The van der Waals surface area contributed by atoms with Gasteiger partial charge in [0.2, 0.25) is 5.91 Å². The first-order valence-electron chi connectivity index (χ1n) is 6.58. The molecule has 0 aliphatic heterocycles. The zero-order chi connectivity index (χ0) is 16.1. The highest BCUT2D eigenvalue weighted by Crippen LogP contribution is 2.14. The lowest BCUT2D eigenvalue weighted by molar-refractivity contribution is -0.117. The van der Waals surface area contributed by atoms with Gasteiger partial charge in [0.15, 0.2) is 0 Å². The number of halogens is 2. The van der Waals surface area contributed by atoms with Crippen molar-refractivity contribution in [1.29, 1.82) is 0 Å². The van der Waals surface area contributed by atoms with Crippen molar-refractivity contribution in [3.8, 4) is 0 Å². The minimum Gasteiger partial charge on any atom is -0.341 e. The van der Waals surface area contributed by atoms with Crippen molar-refractivity contribution in [1.82, 2.24) is 5.32 Å². The van der Waals surface area contributed by atoms with Crippen molar-refractivity contribution in [2.75, 3.05) is 5.32 Å². The minimum atomic E-state index is -0.660. The predicted octanol–water partition coefficient (Wildman–Crippen LogP) is 3.86. The maximum atomic E-state index is 12.1. The zero-order valence-corrected chi connectivity index (χ0v) is 14.1. The summed E-state index contributed by atoms with van der Waals surface area (Å²) in [6.07, 6.45) is 0. The second-order valence-electron chi connectivity index (χ2n) is 4.70. The van der Waals surface area contributed by atoms with Crippen LogP contribution in [-0.2, 0) is 4.79 Å². The molecule has 4 nitrogen and oxygen atoms in total. The lowest BCUT2D eigenvalue weighted by Gasteiger charge is -2.14. The fourth-order valence-corrected chi connectivity index (χ4v) is 2.12. The van der Waals surface area contributed by atoms with Crippen molar-refractivity contribution < 1.29 is 9.59 Å². The Balaban J connectivity index is 1.94. The molecule has 2 amide bonds. The number of benzene rings is 2. The molecule has 1 atom stereocenters. The first-order chi connectivity index (χ1) is 10.5. The van der Waals surface area contributed by atoms with Crippen molar-refractivity contribution in [3.63, 3.8) is 0 Å². The van der Waals surface area contributed by atoms with Gasteiger partial charge in [0.05, 0.1) is 0 Å². The highest BCUT2D eigenvalue weighted by atomic mass is 79.9. The lowest BCUT2D eigenvalue weighted by Crippen LogP contribution is -2.41. The zero-order valence-electron chi connectivity index (χ0n) is 11.8. The van der Waals surface area contributed by atoms with Crippen molar-refractivity contribution >= 4 is 45.0 Å². The molecule has 2 rings (SSSR count). The van der Waals surface area contributed by atoms with Gasteiger partial charge in [-0.1, -0.05) is 27.5 Å². The van der Waals surface area contributed by atoms with Crippen LogP contribution in [0.5, 0.6) is 0 Å². The van der Waals surface area contributed by atoms with E-state index >= 15 is 0 Å². The van der Waals surface area contributed by atoms with Crippen LogP contribution in [-0.4, -0.2) is 17.9 Å². The molecular weight excluding hydrogens is 368 g/mol. The molecule has 1 unspecified atom stereocenters. The summed E-state index contributed by atoms with van der Waals surface area (Å²) in [4.78, 5) is 24.1. The van der Waals surface area contributed by atoms with Crippen molar-refractivity contribution in [2.24, 2.45) is 0 Å². The van der Waals surface area contributed by atoms with Gasteiger partial charge in [-0.2, -0.15) is 0 Å². The molecule has 0 aliphatic rings. The molecule has 0 heterocycles. The molecule has 0 spiro atoms.